The number of piperazine rings is 1. The van der Waals surface area contributed by atoms with Crippen LogP contribution in [0.2, 0.25) is 0 Å². The molecule has 1 aromatic rings. The number of hydrogen-bond acceptors (Lipinski definition) is 5. The van der Waals surface area contributed by atoms with Crippen LogP contribution in [0.4, 0.5) is 5.82 Å². The van der Waals surface area contributed by atoms with Crippen molar-refractivity contribution in [2.75, 3.05) is 38.1 Å². The SMILES string of the molecule is CN1CCN(c2ccc(C(C)(C)SS)cn2)CC1. The van der Waals surface area contributed by atoms with Crippen molar-refractivity contribution < 1.29 is 0 Å². The largest absolute Gasteiger partial charge is 0.354 e. The van der Waals surface area contributed by atoms with Gasteiger partial charge in [-0.25, -0.2) is 4.98 Å². The summed E-state index contributed by atoms with van der Waals surface area (Å²) in [4.78, 5) is 9.31. The second-order valence-electron chi connectivity index (χ2n) is 5.30. The predicted octanol–water partition coefficient (Wildman–Crippen LogP) is 2.65. The monoisotopic (exact) mass is 283 g/mol. The first-order valence-electron chi connectivity index (χ1n) is 6.25. The molecule has 0 bridgehead atoms. The summed E-state index contributed by atoms with van der Waals surface area (Å²) in [6.45, 7) is 8.68. The van der Waals surface area contributed by atoms with Crippen LogP contribution in [-0.4, -0.2) is 43.1 Å². The standard InChI is InChI=1S/C13H21N3S2/c1-13(2,18-17)11-4-5-12(14-10-11)16-8-6-15(3)7-9-16/h4-5,10,17H,6-9H2,1-3H3. The molecular weight excluding hydrogens is 262 g/mol. The number of likely N-dealkylation sites (N-methyl/N-ethyl adjacent to an activating group) is 1. The number of pyridine rings is 1. The summed E-state index contributed by atoms with van der Waals surface area (Å²) in [5.41, 5.74) is 1.22. The fraction of sp³-hybridized carbons (Fsp3) is 0.615. The van der Waals surface area contributed by atoms with Gasteiger partial charge in [-0.15, -0.1) is 11.7 Å². The van der Waals surface area contributed by atoms with E-state index in [9.17, 15) is 0 Å². The van der Waals surface area contributed by atoms with Crippen LogP contribution >= 0.6 is 22.5 Å². The molecule has 2 rings (SSSR count). The molecular formula is C13H21N3S2. The molecule has 0 saturated carbocycles. The molecule has 1 aromatic heterocycles. The van der Waals surface area contributed by atoms with E-state index in [-0.39, 0.29) is 4.75 Å². The lowest BCUT2D eigenvalue weighted by Gasteiger charge is -2.33. The van der Waals surface area contributed by atoms with Crippen LogP contribution in [0.5, 0.6) is 0 Å². The Kier molecular flexibility index (Phi) is 4.45. The number of rotatable bonds is 3. The first-order valence-corrected chi connectivity index (χ1v) is 8.12. The van der Waals surface area contributed by atoms with E-state index in [1.54, 1.807) is 10.8 Å². The molecule has 1 aliphatic heterocycles. The molecule has 0 radical (unpaired) electrons. The first kappa shape index (κ1) is 14.0. The van der Waals surface area contributed by atoms with E-state index in [4.69, 9.17) is 0 Å². The highest BCUT2D eigenvalue weighted by Gasteiger charge is 2.21. The van der Waals surface area contributed by atoms with Crippen molar-refractivity contribution in [1.29, 1.82) is 0 Å². The van der Waals surface area contributed by atoms with Crippen molar-refractivity contribution >= 4 is 28.3 Å². The first-order chi connectivity index (χ1) is 8.53. The highest BCUT2D eigenvalue weighted by molar-refractivity contribution is 8.68. The fourth-order valence-electron chi connectivity index (χ4n) is 2.02. The average molecular weight is 283 g/mol. The Morgan fingerprint density at radius 3 is 2.39 bits per heavy atom. The van der Waals surface area contributed by atoms with E-state index < -0.39 is 0 Å². The zero-order valence-electron chi connectivity index (χ0n) is 11.3. The average Bonchev–Trinajstić information content (AvgIpc) is 2.40. The van der Waals surface area contributed by atoms with Crippen LogP contribution in [0, 0.1) is 0 Å². The quantitative estimate of drug-likeness (QED) is 0.679. The third-order valence-electron chi connectivity index (χ3n) is 3.50. The van der Waals surface area contributed by atoms with Crippen LogP contribution in [0.25, 0.3) is 0 Å². The third kappa shape index (κ3) is 3.13. The Balaban J connectivity index is 2.08. The van der Waals surface area contributed by atoms with Gasteiger partial charge in [-0.2, -0.15) is 0 Å². The summed E-state index contributed by atoms with van der Waals surface area (Å²) >= 11 is 4.32. The van der Waals surface area contributed by atoms with Crippen molar-refractivity contribution in [3.63, 3.8) is 0 Å². The molecule has 0 amide bonds. The molecule has 1 fully saturated rings. The minimum atomic E-state index is 0.0107. The Labute approximate surface area is 119 Å². The Morgan fingerprint density at radius 2 is 1.89 bits per heavy atom. The van der Waals surface area contributed by atoms with Crippen molar-refractivity contribution in [2.24, 2.45) is 0 Å². The maximum absolute atomic E-state index is 4.60. The molecule has 0 spiro atoms. The van der Waals surface area contributed by atoms with Gasteiger partial charge in [0.1, 0.15) is 5.82 Å². The van der Waals surface area contributed by atoms with Gasteiger partial charge >= 0.3 is 0 Å². The zero-order chi connectivity index (χ0) is 13.2. The Morgan fingerprint density at radius 1 is 1.22 bits per heavy atom. The molecule has 1 saturated heterocycles. The molecule has 2 heterocycles. The summed E-state index contributed by atoms with van der Waals surface area (Å²) in [6, 6.07) is 4.30. The summed E-state index contributed by atoms with van der Waals surface area (Å²) in [5.74, 6) is 1.09. The molecule has 100 valence electrons. The van der Waals surface area contributed by atoms with Crippen molar-refractivity contribution in [3.05, 3.63) is 23.9 Å². The molecule has 1 aliphatic rings. The lowest BCUT2D eigenvalue weighted by atomic mass is 10.0. The second kappa shape index (κ2) is 5.72. The van der Waals surface area contributed by atoms with Gasteiger partial charge in [0, 0.05) is 37.1 Å². The van der Waals surface area contributed by atoms with Gasteiger partial charge in [0.2, 0.25) is 0 Å². The van der Waals surface area contributed by atoms with E-state index in [1.807, 2.05) is 6.20 Å². The van der Waals surface area contributed by atoms with Gasteiger partial charge in [0.25, 0.3) is 0 Å². The van der Waals surface area contributed by atoms with Gasteiger partial charge in [0.15, 0.2) is 0 Å². The van der Waals surface area contributed by atoms with Crippen molar-refractivity contribution in [2.45, 2.75) is 18.6 Å². The smallest absolute Gasteiger partial charge is 0.128 e. The fourth-order valence-corrected chi connectivity index (χ4v) is 2.56. The zero-order valence-corrected chi connectivity index (χ0v) is 13.0. The number of hydrogen-bond donors (Lipinski definition) is 1. The minimum Gasteiger partial charge on any atom is -0.354 e. The van der Waals surface area contributed by atoms with Crippen LogP contribution in [0.3, 0.4) is 0 Å². The predicted molar refractivity (Wildman–Crippen MR) is 83.6 cm³/mol. The van der Waals surface area contributed by atoms with Gasteiger partial charge in [-0.05, 0) is 32.5 Å². The number of nitrogens with zero attached hydrogens (tertiary/aromatic N) is 3. The van der Waals surface area contributed by atoms with Gasteiger partial charge in [0.05, 0.1) is 0 Å². The normalized spacial score (nSPS) is 18.1. The number of thiol groups is 1. The molecule has 0 aromatic carbocycles. The van der Waals surface area contributed by atoms with E-state index in [0.717, 1.165) is 32.0 Å². The third-order valence-corrected chi connectivity index (χ3v) is 5.56. The van der Waals surface area contributed by atoms with Crippen LogP contribution in [-0.2, 0) is 4.75 Å². The van der Waals surface area contributed by atoms with Crippen molar-refractivity contribution in [3.8, 4) is 0 Å². The number of anilines is 1. The maximum Gasteiger partial charge on any atom is 0.128 e. The van der Waals surface area contributed by atoms with Gasteiger partial charge in [-0.1, -0.05) is 16.9 Å². The molecule has 5 heteroatoms. The molecule has 0 N–H and O–H groups in total. The van der Waals surface area contributed by atoms with Crippen LogP contribution < -0.4 is 4.90 Å². The molecule has 18 heavy (non-hydrogen) atoms. The van der Waals surface area contributed by atoms with Crippen LogP contribution in [0.15, 0.2) is 18.3 Å². The van der Waals surface area contributed by atoms with E-state index in [2.05, 4.69) is 59.5 Å². The summed E-state index contributed by atoms with van der Waals surface area (Å²) in [6.07, 6.45) is 1.98. The summed E-state index contributed by atoms with van der Waals surface area (Å²) in [7, 11) is 3.72. The minimum absolute atomic E-state index is 0.0107. The van der Waals surface area contributed by atoms with Crippen LogP contribution in [0.1, 0.15) is 19.4 Å². The van der Waals surface area contributed by atoms with E-state index in [0.29, 0.717) is 0 Å². The Bertz CT molecular complexity index is 384. The lowest BCUT2D eigenvalue weighted by Crippen LogP contribution is -2.44. The van der Waals surface area contributed by atoms with Gasteiger partial charge < -0.3 is 9.80 Å². The molecule has 3 nitrogen and oxygen atoms in total. The van der Waals surface area contributed by atoms with E-state index in [1.165, 1.54) is 5.56 Å². The summed E-state index contributed by atoms with van der Waals surface area (Å²) in [5, 5.41) is 0. The highest BCUT2D eigenvalue weighted by Crippen LogP contribution is 2.37. The Hall–Kier alpha value is -0.390. The molecule has 0 unspecified atom stereocenters. The lowest BCUT2D eigenvalue weighted by molar-refractivity contribution is 0.312. The van der Waals surface area contributed by atoms with Gasteiger partial charge in [-0.3, -0.25) is 0 Å². The van der Waals surface area contributed by atoms with Crippen molar-refractivity contribution in [1.82, 2.24) is 9.88 Å². The summed E-state index contributed by atoms with van der Waals surface area (Å²) < 4.78 is 0.0107. The maximum atomic E-state index is 4.60. The van der Waals surface area contributed by atoms with E-state index >= 15 is 0 Å². The second-order valence-corrected chi connectivity index (χ2v) is 7.05. The highest BCUT2D eigenvalue weighted by atomic mass is 33.1. The topological polar surface area (TPSA) is 19.4 Å². The molecule has 0 atom stereocenters. The number of aromatic nitrogens is 1. The molecule has 0 aliphatic carbocycles.